The standard InChI is InChI=1S/C20H17N3S/c1-2-14-8-10-16(11-9-14)23-19-17-12-18(15-6-4-3-5-7-15)24-20(17)22-13-21-19/h3-13H,2H2,1H3,(H,21,22,23). The highest BCUT2D eigenvalue weighted by atomic mass is 32.1. The highest BCUT2D eigenvalue weighted by Crippen LogP contribution is 2.35. The van der Waals surface area contributed by atoms with Crippen LogP contribution in [0.25, 0.3) is 20.7 Å². The molecule has 0 amide bonds. The van der Waals surface area contributed by atoms with E-state index in [0.717, 1.165) is 28.1 Å². The van der Waals surface area contributed by atoms with E-state index < -0.39 is 0 Å². The van der Waals surface area contributed by atoms with Crippen molar-refractivity contribution in [2.45, 2.75) is 13.3 Å². The quantitative estimate of drug-likeness (QED) is 0.524. The van der Waals surface area contributed by atoms with Crippen LogP contribution < -0.4 is 5.32 Å². The number of nitrogens with zero attached hydrogens (tertiary/aromatic N) is 2. The lowest BCUT2D eigenvalue weighted by Gasteiger charge is -2.07. The average molecular weight is 331 g/mol. The Morgan fingerprint density at radius 1 is 0.958 bits per heavy atom. The molecule has 118 valence electrons. The Kier molecular flexibility index (Phi) is 3.97. The second kappa shape index (κ2) is 6.42. The van der Waals surface area contributed by atoms with Crippen LogP contribution in [0.15, 0.2) is 67.0 Å². The van der Waals surface area contributed by atoms with E-state index in [9.17, 15) is 0 Å². The molecule has 2 aromatic heterocycles. The number of anilines is 2. The molecule has 0 spiro atoms. The second-order valence-corrected chi connectivity index (χ2v) is 6.62. The first-order valence-corrected chi connectivity index (χ1v) is 8.81. The fraction of sp³-hybridized carbons (Fsp3) is 0.100. The molecule has 2 aromatic carbocycles. The molecular formula is C20H17N3S. The lowest BCUT2D eigenvalue weighted by molar-refractivity contribution is 1.14. The summed E-state index contributed by atoms with van der Waals surface area (Å²) < 4.78 is 0. The zero-order chi connectivity index (χ0) is 16.4. The maximum Gasteiger partial charge on any atom is 0.142 e. The Labute approximate surface area is 145 Å². The topological polar surface area (TPSA) is 37.8 Å². The summed E-state index contributed by atoms with van der Waals surface area (Å²) in [7, 11) is 0. The van der Waals surface area contributed by atoms with E-state index in [0.29, 0.717) is 0 Å². The van der Waals surface area contributed by atoms with Crippen molar-refractivity contribution in [3.8, 4) is 10.4 Å². The molecular weight excluding hydrogens is 314 g/mol. The lowest BCUT2D eigenvalue weighted by atomic mass is 10.1. The third-order valence-corrected chi connectivity index (χ3v) is 5.10. The van der Waals surface area contributed by atoms with Gasteiger partial charge in [-0.05, 0) is 35.7 Å². The largest absolute Gasteiger partial charge is 0.340 e. The van der Waals surface area contributed by atoms with E-state index in [2.05, 4.69) is 76.8 Å². The average Bonchev–Trinajstić information content (AvgIpc) is 3.08. The Hall–Kier alpha value is -2.72. The van der Waals surface area contributed by atoms with E-state index in [4.69, 9.17) is 0 Å². The molecule has 0 unspecified atom stereocenters. The van der Waals surface area contributed by atoms with Crippen LogP contribution in [-0.2, 0) is 6.42 Å². The first-order chi connectivity index (χ1) is 11.8. The van der Waals surface area contributed by atoms with E-state index in [1.165, 1.54) is 16.0 Å². The lowest BCUT2D eigenvalue weighted by Crippen LogP contribution is -1.94. The fourth-order valence-electron chi connectivity index (χ4n) is 2.66. The van der Waals surface area contributed by atoms with Crippen molar-refractivity contribution < 1.29 is 0 Å². The van der Waals surface area contributed by atoms with Crippen molar-refractivity contribution in [2.24, 2.45) is 0 Å². The molecule has 0 radical (unpaired) electrons. The Morgan fingerprint density at radius 2 is 1.75 bits per heavy atom. The van der Waals surface area contributed by atoms with E-state index in [-0.39, 0.29) is 0 Å². The van der Waals surface area contributed by atoms with Crippen LogP contribution in [0.1, 0.15) is 12.5 Å². The van der Waals surface area contributed by atoms with Gasteiger partial charge in [0.25, 0.3) is 0 Å². The molecule has 2 heterocycles. The first-order valence-electron chi connectivity index (χ1n) is 7.99. The molecule has 0 atom stereocenters. The molecule has 0 aliphatic heterocycles. The van der Waals surface area contributed by atoms with E-state index in [1.807, 2.05) is 6.07 Å². The van der Waals surface area contributed by atoms with Crippen LogP contribution in [-0.4, -0.2) is 9.97 Å². The number of aromatic nitrogens is 2. The number of hydrogen-bond donors (Lipinski definition) is 1. The maximum absolute atomic E-state index is 4.44. The van der Waals surface area contributed by atoms with Crippen LogP contribution in [0.4, 0.5) is 11.5 Å². The van der Waals surface area contributed by atoms with Crippen molar-refractivity contribution in [3.63, 3.8) is 0 Å². The summed E-state index contributed by atoms with van der Waals surface area (Å²) in [6.45, 7) is 2.16. The summed E-state index contributed by atoms with van der Waals surface area (Å²) in [4.78, 5) is 11.1. The molecule has 1 N–H and O–H groups in total. The van der Waals surface area contributed by atoms with Gasteiger partial charge in [0.05, 0.1) is 5.39 Å². The van der Waals surface area contributed by atoms with Gasteiger partial charge in [-0.3, -0.25) is 0 Å². The zero-order valence-corrected chi connectivity index (χ0v) is 14.2. The Balaban J connectivity index is 1.71. The van der Waals surface area contributed by atoms with Crippen molar-refractivity contribution in [2.75, 3.05) is 5.32 Å². The van der Waals surface area contributed by atoms with Gasteiger partial charge in [-0.15, -0.1) is 11.3 Å². The molecule has 3 nitrogen and oxygen atoms in total. The van der Waals surface area contributed by atoms with Gasteiger partial charge >= 0.3 is 0 Å². The number of rotatable bonds is 4. The van der Waals surface area contributed by atoms with Crippen molar-refractivity contribution in [3.05, 3.63) is 72.6 Å². The van der Waals surface area contributed by atoms with Crippen LogP contribution in [0.5, 0.6) is 0 Å². The highest BCUT2D eigenvalue weighted by molar-refractivity contribution is 7.21. The molecule has 0 saturated heterocycles. The Morgan fingerprint density at radius 3 is 2.50 bits per heavy atom. The number of aryl methyl sites for hydroxylation is 1. The summed E-state index contributed by atoms with van der Waals surface area (Å²) in [5.74, 6) is 0.850. The molecule has 4 heteroatoms. The minimum absolute atomic E-state index is 0.850. The normalized spacial score (nSPS) is 10.9. The molecule has 4 aromatic rings. The number of hydrogen-bond acceptors (Lipinski definition) is 4. The molecule has 0 bridgehead atoms. The van der Waals surface area contributed by atoms with Crippen molar-refractivity contribution >= 4 is 33.1 Å². The number of nitrogens with one attached hydrogen (secondary N) is 1. The third kappa shape index (κ3) is 2.88. The summed E-state index contributed by atoms with van der Waals surface area (Å²) in [5.41, 5.74) is 3.58. The van der Waals surface area contributed by atoms with E-state index in [1.54, 1.807) is 17.7 Å². The second-order valence-electron chi connectivity index (χ2n) is 5.59. The van der Waals surface area contributed by atoms with Crippen LogP contribution >= 0.6 is 11.3 Å². The summed E-state index contributed by atoms with van der Waals surface area (Å²) in [6, 6.07) is 21.0. The van der Waals surface area contributed by atoms with Gasteiger partial charge in [0, 0.05) is 10.6 Å². The molecule has 4 rings (SSSR count). The number of fused-ring (bicyclic) bond motifs is 1. The van der Waals surface area contributed by atoms with Crippen molar-refractivity contribution in [1.82, 2.24) is 9.97 Å². The van der Waals surface area contributed by atoms with Gasteiger partial charge in [0.2, 0.25) is 0 Å². The van der Waals surface area contributed by atoms with Crippen LogP contribution in [0, 0.1) is 0 Å². The van der Waals surface area contributed by atoms with Gasteiger partial charge in [0.15, 0.2) is 0 Å². The predicted octanol–water partition coefficient (Wildman–Crippen LogP) is 5.66. The fourth-order valence-corrected chi connectivity index (χ4v) is 3.66. The van der Waals surface area contributed by atoms with Gasteiger partial charge in [0.1, 0.15) is 17.0 Å². The SMILES string of the molecule is CCc1ccc(Nc2ncnc3sc(-c4ccccc4)cc23)cc1. The summed E-state index contributed by atoms with van der Waals surface area (Å²) in [6.07, 6.45) is 2.67. The van der Waals surface area contributed by atoms with Gasteiger partial charge < -0.3 is 5.32 Å². The molecule has 0 aliphatic carbocycles. The van der Waals surface area contributed by atoms with Crippen LogP contribution in [0.3, 0.4) is 0 Å². The first kappa shape index (κ1) is 14.8. The monoisotopic (exact) mass is 331 g/mol. The van der Waals surface area contributed by atoms with Gasteiger partial charge in [-0.2, -0.15) is 0 Å². The molecule has 24 heavy (non-hydrogen) atoms. The summed E-state index contributed by atoms with van der Waals surface area (Å²) in [5, 5.41) is 4.47. The minimum Gasteiger partial charge on any atom is -0.340 e. The van der Waals surface area contributed by atoms with Gasteiger partial charge in [-0.1, -0.05) is 49.4 Å². The van der Waals surface area contributed by atoms with Crippen LogP contribution in [0.2, 0.25) is 0 Å². The summed E-state index contributed by atoms with van der Waals surface area (Å²) >= 11 is 1.69. The maximum atomic E-state index is 4.44. The highest BCUT2D eigenvalue weighted by Gasteiger charge is 2.10. The minimum atomic E-state index is 0.850. The molecule has 0 aliphatic rings. The molecule has 0 saturated carbocycles. The van der Waals surface area contributed by atoms with Gasteiger partial charge in [-0.25, -0.2) is 9.97 Å². The number of benzene rings is 2. The number of thiophene rings is 1. The Bertz CT molecular complexity index is 959. The van der Waals surface area contributed by atoms with Crippen molar-refractivity contribution in [1.29, 1.82) is 0 Å². The van der Waals surface area contributed by atoms with E-state index >= 15 is 0 Å². The molecule has 0 fully saturated rings. The zero-order valence-electron chi connectivity index (χ0n) is 13.4. The smallest absolute Gasteiger partial charge is 0.142 e. The predicted molar refractivity (Wildman–Crippen MR) is 102 cm³/mol. The third-order valence-electron chi connectivity index (χ3n) is 4.01.